The Morgan fingerprint density at radius 3 is 1.88 bits per heavy atom. The first-order valence-corrected chi connectivity index (χ1v) is 23.0. The number of nitrogens with zero attached hydrogens (tertiary/aromatic N) is 1. The lowest BCUT2D eigenvalue weighted by molar-refractivity contribution is -0.870. The van der Waals surface area contributed by atoms with Crippen LogP contribution in [0.2, 0.25) is 0 Å². The van der Waals surface area contributed by atoms with Crippen LogP contribution < -0.4 is 4.74 Å². The summed E-state index contributed by atoms with van der Waals surface area (Å²) in [6.45, 7) is 2.22. The topological polar surface area (TPSA) is 101 Å². The highest BCUT2D eigenvalue weighted by atomic mass is 79.9. The lowest BCUT2D eigenvalue weighted by Gasteiger charge is -2.37. The summed E-state index contributed by atoms with van der Waals surface area (Å²) in [7, 11) is 3.03. The minimum Gasteiger partial charge on any atom is -0.496 e. The number of unbranched alkanes of at least 4 members (excludes halogenated alkanes) is 11. The quantitative estimate of drug-likeness (QED) is 0.0177. The first-order valence-electron chi connectivity index (χ1n) is 20.8. The number of likely N-dealkylation sites (N-methyl/N-ethyl adjacent to an activating group) is 1. The van der Waals surface area contributed by atoms with E-state index in [9.17, 15) is 14.3 Å². The van der Waals surface area contributed by atoms with Crippen LogP contribution in [0.5, 0.6) is 5.75 Å². The zero-order valence-electron chi connectivity index (χ0n) is 35.0. The Kier molecular flexibility index (Phi) is 22.4. The summed E-state index contributed by atoms with van der Waals surface area (Å²) in [6.07, 6.45) is 18.9. The van der Waals surface area contributed by atoms with E-state index in [0.717, 1.165) is 53.3 Å². The van der Waals surface area contributed by atoms with Crippen molar-refractivity contribution < 1.29 is 42.0 Å². The van der Waals surface area contributed by atoms with Crippen LogP contribution >= 0.6 is 23.8 Å². The van der Waals surface area contributed by atoms with Crippen LogP contribution in [0.3, 0.4) is 0 Å². The highest BCUT2D eigenvalue weighted by Gasteiger charge is 2.39. The van der Waals surface area contributed by atoms with Gasteiger partial charge in [0.05, 0.1) is 45.9 Å². The third-order valence-electron chi connectivity index (χ3n) is 9.79. The summed E-state index contributed by atoms with van der Waals surface area (Å²) >= 11 is 3.66. The van der Waals surface area contributed by atoms with E-state index < -0.39 is 32.1 Å². The molecule has 1 unspecified atom stereocenters. The maximum absolute atomic E-state index is 13.3. The largest absolute Gasteiger partial charge is 0.496 e. The summed E-state index contributed by atoms with van der Waals surface area (Å²) in [5, 5.41) is 0. The average molecular weight is 874 g/mol. The third-order valence-corrected chi connectivity index (χ3v) is 11.4. The number of carbonyl (C=O) groups is 1. The van der Waals surface area contributed by atoms with Crippen LogP contribution in [0.15, 0.2) is 95.5 Å². The smallest absolute Gasteiger partial charge is 0.472 e. The number of phosphoric ester groups is 1. The standard InChI is InChI=1S/C46H67BrNO8P/c1-6-7-8-9-10-11-12-13-14-15-16-17-18-19-26-31-45(49)56-42(38-55-57(50,51)54-35-34-48(2,3)4)37-53-46(39-27-22-20-23-28-39,40-29-24-21-25-30-40)41-32-33-44(52-5)43(47)36-41/h13-14,20-25,27-30,32-33,36,42H,6-12,15-19,26,31,34-35,37-38H2,1-5H3/p+1/t42-/m1/s1. The number of hydrogen-bond donors (Lipinski definition) is 1. The van der Waals surface area contributed by atoms with Gasteiger partial charge in [-0.25, -0.2) is 4.57 Å². The minimum atomic E-state index is -4.47. The normalized spacial score (nSPS) is 13.7. The molecule has 0 fully saturated rings. The molecule has 3 aromatic carbocycles. The Labute approximate surface area is 351 Å². The number of esters is 1. The molecule has 0 aliphatic heterocycles. The predicted molar refractivity (Wildman–Crippen MR) is 233 cm³/mol. The van der Waals surface area contributed by atoms with Crippen LogP contribution in [-0.2, 0) is 33.5 Å². The van der Waals surface area contributed by atoms with Gasteiger partial charge in [-0.05, 0) is 76.9 Å². The third kappa shape index (κ3) is 18.3. The van der Waals surface area contributed by atoms with Crippen molar-refractivity contribution in [2.45, 2.75) is 109 Å². The van der Waals surface area contributed by atoms with Gasteiger partial charge in [0, 0.05) is 6.42 Å². The fourth-order valence-corrected chi connectivity index (χ4v) is 7.83. The fourth-order valence-electron chi connectivity index (χ4n) is 6.54. The number of ether oxygens (including phenoxy) is 3. The summed E-state index contributed by atoms with van der Waals surface area (Å²) in [5.74, 6) is 0.245. The van der Waals surface area contributed by atoms with E-state index in [4.69, 9.17) is 23.3 Å². The van der Waals surface area contributed by atoms with Crippen molar-refractivity contribution in [2.75, 3.05) is 54.6 Å². The molecule has 57 heavy (non-hydrogen) atoms. The molecule has 0 heterocycles. The lowest BCUT2D eigenvalue weighted by Crippen LogP contribution is -2.38. The maximum atomic E-state index is 13.3. The van der Waals surface area contributed by atoms with Gasteiger partial charge in [0.1, 0.15) is 30.6 Å². The molecule has 0 saturated heterocycles. The molecule has 0 spiro atoms. The van der Waals surface area contributed by atoms with Gasteiger partial charge < -0.3 is 23.6 Å². The van der Waals surface area contributed by atoms with E-state index >= 15 is 0 Å². The number of allylic oxidation sites excluding steroid dienone is 2. The Morgan fingerprint density at radius 1 is 0.772 bits per heavy atom. The van der Waals surface area contributed by atoms with Crippen LogP contribution in [0, 0.1) is 0 Å². The Balaban J connectivity index is 1.70. The molecule has 3 aromatic rings. The lowest BCUT2D eigenvalue weighted by atomic mass is 9.80. The zero-order valence-corrected chi connectivity index (χ0v) is 37.5. The molecule has 0 aliphatic rings. The fraction of sp³-hybridized carbons (Fsp3) is 0.543. The zero-order chi connectivity index (χ0) is 41.4. The number of benzene rings is 3. The predicted octanol–water partition coefficient (Wildman–Crippen LogP) is 11.6. The van der Waals surface area contributed by atoms with Gasteiger partial charge in [-0.15, -0.1) is 0 Å². The van der Waals surface area contributed by atoms with Crippen molar-refractivity contribution >= 4 is 29.7 Å². The molecule has 2 atom stereocenters. The average Bonchev–Trinajstić information content (AvgIpc) is 3.19. The molecular weight excluding hydrogens is 805 g/mol. The molecule has 0 aromatic heterocycles. The van der Waals surface area contributed by atoms with Crippen molar-refractivity contribution in [2.24, 2.45) is 0 Å². The van der Waals surface area contributed by atoms with E-state index in [1.54, 1.807) is 7.11 Å². The second-order valence-corrected chi connectivity index (χ2v) is 17.9. The van der Waals surface area contributed by atoms with Crippen LogP contribution in [-0.4, -0.2) is 76.1 Å². The number of methoxy groups -OCH3 is 1. The Hall–Kier alpha value is -2.82. The second kappa shape index (κ2) is 26.3. The summed E-state index contributed by atoms with van der Waals surface area (Å²) in [4.78, 5) is 23.9. The first-order chi connectivity index (χ1) is 27.4. The van der Waals surface area contributed by atoms with Gasteiger partial charge in [-0.2, -0.15) is 0 Å². The number of hydrogen-bond acceptors (Lipinski definition) is 7. The number of halogens is 1. The molecular formula is C46H68BrNO8P+. The van der Waals surface area contributed by atoms with Crippen molar-refractivity contribution in [3.63, 3.8) is 0 Å². The molecule has 3 rings (SSSR count). The number of rotatable bonds is 30. The van der Waals surface area contributed by atoms with Gasteiger partial charge in [0.15, 0.2) is 0 Å². The number of phosphoric acid groups is 1. The van der Waals surface area contributed by atoms with Gasteiger partial charge >= 0.3 is 13.8 Å². The van der Waals surface area contributed by atoms with Gasteiger partial charge in [-0.3, -0.25) is 13.8 Å². The van der Waals surface area contributed by atoms with Crippen molar-refractivity contribution in [3.8, 4) is 5.75 Å². The molecule has 0 aliphatic carbocycles. The van der Waals surface area contributed by atoms with Crippen LogP contribution in [0.1, 0.15) is 114 Å². The van der Waals surface area contributed by atoms with Crippen LogP contribution in [0.4, 0.5) is 0 Å². The molecule has 11 heteroatoms. The van der Waals surface area contributed by atoms with Gasteiger partial charge in [0.2, 0.25) is 0 Å². The number of quaternary nitrogens is 1. The first kappa shape index (κ1) is 48.5. The second-order valence-electron chi connectivity index (χ2n) is 15.6. The Bertz CT molecular complexity index is 1590. The summed E-state index contributed by atoms with van der Waals surface area (Å²) < 4.78 is 43.5. The van der Waals surface area contributed by atoms with Crippen molar-refractivity contribution in [3.05, 3.63) is 112 Å². The monoisotopic (exact) mass is 872 g/mol. The highest BCUT2D eigenvalue weighted by Crippen LogP contribution is 2.45. The Morgan fingerprint density at radius 2 is 1.33 bits per heavy atom. The summed E-state index contributed by atoms with van der Waals surface area (Å²) in [5.41, 5.74) is 1.30. The van der Waals surface area contributed by atoms with Crippen molar-refractivity contribution in [1.29, 1.82) is 0 Å². The SMILES string of the molecule is CCCCCCCCC=CCCCCCCCC(=O)O[C@H](COC(c1ccccc1)(c1ccccc1)c1ccc(OC)c(Br)c1)COP(=O)(O)OCC[N+](C)(C)C. The summed E-state index contributed by atoms with van der Waals surface area (Å²) in [6, 6.07) is 25.4. The molecule has 316 valence electrons. The molecule has 0 radical (unpaired) electrons. The van der Waals surface area contributed by atoms with E-state index in [1.165, 1.54) is 44.9 Å². The highest BCUT2D eigenvalue weighted by molar-refractivity contribution is 9.10. The van der Waals surface area contributed by atoms with Crippen molar-refractivity contribution in [1.82, 2.24) is 0 Å². The van der Waals surface area contributed by atoms with Gasteiger partial charge in [-0.1, -0.05) is 137 Å². The molecule has 9 nitrogen and oxygen atoms in total. The van der Waals surface area contributed by atoms with E-state index in [2.05, 4.69) is 35.0 Å². The van der Waals surface area contributed by atoms with Gasteiger partial charge in [0.25, 0.3) is 0 Å². The minimum absolute atomic E-state index is 0.0190. The molecule has 0 saturated carbocycles. The van der Waals surface area contributed by atoms with E-state index in [0.29, 0.717) is 23.2 Å². The van der Waals surface area contributed by atoms with E-state index in [1.807, 2.05) is 100 Å². The van der Waals surface area contributed by atoms with E-state index in [-0.39, 0.29) is 19.6 Å². The number of carbonyl (C=O) groups excluding carboxylic acids is 1. The molecule has 0 bridgehead atoms. The molecule has 0 amide bonds. The van der Waals surface area contributed by atoms with Crippen LogP contribution in [0.25, 0.3) is 0 Å². The molecule has 1 N–H and O–H groups in total. The maximum Gasteiger partial charge on any atom is 0.472 e.